The van der Waals surface area contributed by atoms with Crippen LogP contribution in [0.3, 0.4) is 0 Å². The van der Waals surface area contributed by atoms with Crippen LogP contribution in [0.15, 0.2) is 23.3 Å². The molecule has 4 aliphatic rings. The van der Waals surface area contributed by atoms with Gasteiger partial charge in [0.05, 0.1) is 0 Å². The topological polar surface area (TPSA) is 0 Å². The Morgan fingerprint density at radius 1 is 1.04 bits per heavy atom. The lowest BCUT2D eigenvalue weighted by Gasteiger charge is -2.52. The average molecular weight is 385 g/mol. The van der Waals surface area contributed by atoms with E-state index in [-0.39, 0.29) is 0 Å². The van der Waals surface area contributed by atoms with Crippen LogP contribution >= 0.6 is 0 Å². The molecule has 0 aromatic heterocycles. The van der Waals surface area contributed by atoms with Crippen molar-refractivity contribution in [2.75, 3.05) is 0 Å². The molecule has 6 unspecified atom stereocenters. The Bertz CT molecular complexity index is 565. The number of rotatable bonds is 5. The Kier molecular flexibility index (Phi) is 7.54. The summed E-state index contributed by atoms with van der Waals surface area (Å²) in [5.74, 6) is 5.67. The largest absolute Gasteiger partial charge is 0.0807 e. The van der Waals surface area contributed by atoms with Gasteiger partial charge in [-0.1, -0.05) is 73.0 Å². The first-order valence-electron chi connectivity index (χ1n) is 12.9. The van der Waals surface area contributed by atoms with E-state index in [2.05, 4.69) is 39.8 Å². The van der Waals surface area contributed by atoms with Crippen LogP contribution in [0, 0.1) is 40.9 Å². The van der Waals surface area contributed by atoms with Gasteiger partial charge in [0.15, 0.2) is 0 Å². The van der Waals surface area contributed by atoms with Crippen LogP contribution in [0.4, 0.5) is 0 Å². The zero-order chi connectivity index (χ0) is 20.3. The Morgan fingerprint density at radius 3 is 2.57 bits per heavy atom. The monoisotopic (exact) mass is 384 g/mol. The van der Waals surface area contributed by atoms with E-state index < -0.39 is 0 Å². The summed E-state index contributed by atoms with van der Waals surface area (Å²) in [6.45, 7) is 13.9. The molecule has 0 aromatic rings. The molecule has 0 nitrogen and oxygen atoms in total. The second-order valence-electron chi connectivity index (χ2n) is 11.0. The van der Waals surface area contributed by atoms with Crippen molar-refractivity contribution in [2.24, 2.45) is 40.9 Å². The minimum Gasteiger partial charge on any atom is -0.0807 e. The van der Waals surface area contributed by atoms with Crippen LogP contribution in [0.2, 0.25) is 0 Å². The summed E-state index contributed by atoms with van der Waals surface area (Å²) in [6, 6.07) is 0. The molecular weight excluding hydrogens is 336 g/mol. The van der Waals surface area contributed by atoms with Gasteiger partial charge >= 0.3 is 0 Å². The molecule has 4 aliphatic carbocycles. The van der Waals surface area contributed by atoms with Gasteiger partial charge in [0, 0.05) is 0 Å². The predicted molar refractivity (Wildman–Crippen MR) is 124 cm³/mol. The molecule has 160 valence electrons. The van der Waals surface area contributed by atoms with Gasteiger partial charge in [-0.2, -0.15) is 0 Å². The lowest BCUT2D eigenvalue weighted by atomic mass is 9.53. The van der Waals surface area contributed by atoms with Gasteiger partial charge in [-0.05, 0) is 103 Å². The number of unbranched alkanes of at least 4 members (excludes halogenated alkanes) is 1. The van der Waals surface area contributed by atoms with E-state index >= 15 is 0 Å². The molecule has 0 heterocycles. The zero-order valence-electron chi connectivity index (χ0n) is 19.9. The van der Waals surface area contributed by atoms with E-state index in [9.17, 15) is 0 Å². The fourth-order valence-corrected chi connectivity index (χ4v) is 7.43. The first-order chi connectivity index (χ1) is 13.5. The number of hydrogen-bond donors (Lipinski definition) is 0. The SMILES string of the molecule is CC.CC(C)CCCCC1CCC2C3CC=C4CC(C)CC=C4C3CCC12C. The van der Waals surface area contributed by atoms with Gasteiger partial charge in [0.2, 0.25) is 0 Å². The summed E-state index contributed by atoms with van der Waals surface area (Å²) >= 11 is 0. The summed E-state index contributed by atoms with van der Waals surface area (Å²) < 4.78 is 0. The molecule has 0 N–H and O–H groups in total. The quantitative estimate of drug-likeness (QED) is 0.415. The highest BCUT2D eigenvalue weighted by Gasteiger charge is 2.54. The fraction of sp³-hybridized carbons (Fsp3) is 0.857. The van der Waals surface area contributed by atoms with Crippen LogP contribution in [-0.4, -0.2) is 0 Å². The maximum atomic E-state index is 2.70. The first kappa shape index (κ1) is 22.2. The van der Waals surface area contributed by atoms with Crippen molar-refractivity contribution < 1.29 is 0 Å². The Hall–Kier alpha value is -0.520. The fourth-order valence-electron chi connectivity index (χ4n) is 7.43. The van der Waals surface area contributed by atoms with Gasteiger partial charge in [-0.15, -0.1) is 0 Å². The average Bonchev–Trinajstić information content (AvgIpc) is 3.02. The van der Waals surface area contributed by atoms with Gasteiger partial charge in [-0.25, -0.2) is 0 Å². The second-order valence-corrected chi connectivity index (χ2v) is 11.0. The third-order valence-corrected chi connectivity index (χ3v) is 8.93. The van der Waals surface area contributed by atoms with Crippen LogP contribution < -0.4 is 0 Å². The van der Waals surface area contributed by atoms with Gasteiger partial charge < -0.3 is 0 Å². The second kappa shape index (κ2) is 9.53. The first-order valence-corrected chi connectivity index (χ1v) is 12.9. The molecule has 2 fully saturated rings. The summed E-state index contributed by atoms with van der Waals surface area (Å²) in [6.07, 6.45) is 21.3. The van der Waals surface area contributed by atoms with Crippen LogP contribution in [0.1, 0.15) is 112 Å². The highest BCUT2D eigenvalue weighted by atomic mass is 14.6. The summed E-state index contributed by atoms with van der Waals surface area (Å²) in [7, 11) is 0. The van der Waals surface area contributed by atoms with E-state index in [0.29, 0.717) is 5.41 Å². The number of fused-ring (bicyclic) bond motifs is 5. The standard InChI is InChI=1S/C26H42.C2H6/c1-18(2)7-5-6-8-21-11-14-25-24-13-10-20-17-19(3)9-12-22(20)23(24)15-16-26(21,25)4;1-2/h10,12,18-19,21,23-25H,5-9,11,13-17H2,1-4H3;1-2H3. The predicted octanol–water partition coefficient (Wildman–Crippen LogP) is 8.97. The van der Waals surface area contributed by atoms with Gasteiger partial charge in [0.25, 0.3) is 0 Å². The lowest BCUT2D eigenvalue weighted by Crippen LogP contribution is -2.43. The summed E-state index contributed by atoms with van der Waals surface area (Å²) in [4.78, 5) is 0. The maximum absolute atomic E-state index is 2.70. The van der Waals surface area contributed by atoms with Crippen molar-refractivity contribution >= 4 is 0 Å². The van der Waals surface area contributed by atoms with E-state index in [1.807, 2.05) is 19.4 Å². The molecule has 0 aromatic carbocycles. The molecule has 28 heavy (non-hydrogen) atoms. The minimum atomic E-state index is 0.660. The van der Waals surface area contributed by atoms with E-state index in [1.54, 1.807) is 5.57 Å². The normalized spacial score (nSPS) is 39.2. The van der Waals surface area contributed by atoms with E-state index in [1.165, 1.54) is 70.6 Å². The molecule has 4 rings (SSSR count). The van der Waals surface area contributed by atoms with E-state index in [0.717, 1.165) is 35.5 Å². The highest BCUT2D eigenvalue weighted by molar-refractivity contribution is 5.39. The summed E-state index contributed by atoms with van der Waals surface area (Å²) in [5, 5.41) is 0. The number of hydrogen-bond acceptors (Lipinski definition) is 0. The van der Waals surface area contributed by atoms with Crippen LogP contribution in [0.25, 0.3) is 0 Å². The Morgan fingerprint density at radius 2 is 1.82 bits per heavy atom. The van der Waals surface area contributed by atoms with Crippen molar-refractivity contribution in [2.45, 2.75) is 112 Å². The molecule has 0 amide bonds. The van der Waals surface area contributed by atoms with Crippen molar-refractivity contribution in [1.29, 1.82) is 0 Å². The highest BCUT2D eigenvalue weighted by Crippen LogP contribution is 2.63. The van der Waals surface area contributed by atoms with Crippen molar-refractivity contribution in [1.82, 2.24) is 0 Å². The third kappa shape index (κ3) is 4.32. The van der Waals surface area contributed by atoms with Crippen molar-refractivity contribution in [3.05, 3.63) is 23.3 Å². The zero-order valence-corrected chi connectivity index (χ0v) is 19.9. The molecular formula is C28H48. The van der Waals surface area contributed by atoms with Gasteiger partial charge in [0.1, 0.15) is 0 Å². The smallest absolute Gasteiger partial charge is 0.0128 e. The molecule has 2 saturated carbocycles. The van der Waals surface area contributed by atoms with Crippen molar-refractivity contribution in [3.8, 4) is 0 Å². The third-order valence-electron chi connectivity index (χ3n) is 8.93. The molecule has 6 atom stereocenters. The lowest BCUT2D eigenvalue weighted by molar-refractivity contribution is 0.0192. The van der Waals surface area contributed by atoms with Crippen LogP contribution in [0.5, 0.6) is 0 Å². The maximum Gasteiger partial charge on any atom is -0.0128 e. The molecule has 0 aliphatic heterocycles. The Balaban J connectivity index is 0.00000109. The summed E-state index contributed by atoms with van der Waals surface area (Å²) in [5.41, 5.74) is 4.21. The molecule has 0 saturated heterocycles. The van der Waals surface area contributed by atoms with Crippen molar-refractivity contribution in [3.63, 3.8) is 0 Å². The molecule has 0 spiro atoms. The molecule has 0 radical (unpaired) electrons. The molecule has 0 heteroatoms. The van der Waals surface area contributed by atoms with Crippen LogP contribution in [-0.2, 0) is 0 Å². The molecule has 0 bridgehead atoms. The Labute approximate surface area is 176 Å². The number of allylic oxidation sites excluding steroid dienone is 4. The van der Waals surface area contributed by atoms with Gasteiger partial charge in [-0.3, -0.25) is 0 Å². The minimum absolute atomic E-state index is 0.660. The van der Waals surface area contributed by atoms with E-state index in [4.69, 9.17) is 0 Å².